The number of rotatable bonds is 9. The van der Waals surface area contributed by atoms with Gasteiger partial charge in [0, 0.05) is 24.5 Å². The lowest BCUT2D eigenvalue weighted by Crippen LogP contribution is -2.21. The van der Waals surface area contributed by atoms with Crippen molar-refractivity contribution in [2.75, 3.05) is 11.9 Å². The Balaban J connectivity index is 2.74. The van der Waals surface area contributed by atoms with Crippen molar-refractivity contribution < 1.29 is 29.6 Å². The fraction of sp³-hybridized carbons (Fsp3) is 0.389. The smallest absolute Gasteiger partial charge is 0.269 e. The largest absolute Gasteiger partial charge is 0.493 e. The van der Waals surface area contributed by atoms with Crippen molar-refractivity contribution in [3.8, 4) is 5.75 Å². The first-order valence-electron chi connectivity index (χ1n) is 11.0. The van der Waals surface area contributed by atoms with Gasteiger partial charge < -0.3 is 15.8 Å². The number of benzene rings is 1. The zero-order valence-corrected chi connectivity index (χ0v) is 17.2. The summed E-state index contributed by atoms with van der Waals surface area (Å²) in [5.74, 6) is -2.34. The summed E-state index contributed by atoms with van der Waals surface area (Å²) in [7, 11) is 1.16. The van der Waals surface area contributed by atoms with Crippen LogP contribution in [0, 0.1) is 0 Å². The third kappa shape index (κ3) is 5.27. The molecule has 0 aliphatic heterocycles. The van der Waals surface area contributed by atoms with E-state index in [9.17, 15) is 18.0 Å². The second-order valence-electron chi connectivity index (χ2n) is 5.78. The van der Waals surface area contributed by atoms with Gasteiger partial charge in [0.05, 0.1) is 28.4 Å². The van der Waals surface area contributed by atoms with E-state index in [0.717, 1.165) is 12.1 Å². The standard InChI is InChI=1S/C18H23ClN4O5S/c1-4-6-13-15(16(17(20)24)23(3)22-13)21-18(25)12-10-11(29(19,26)27)7-8-14(12)28-9-5-2/h7-8,10H,4-6,9H2,1-3H3,(H2,20,24)(H,21,25)/i3D3,6D2. The Morgan fingerprint density at radius 3 is 2.66 bits per heavy atom. The van der Waals surface area contributed by atoms with Crippen LogP contribution in [0.5, 0.6) is 5.75 Å². The molecule has 0 atom stereocenters. The van der Waals surface area contributed by atoms with Crippen LogP contribution in [0.1, 0.15) is 60.1 Å². The predicted octanol–water partition coefficient (Wildman–Crippen LogP) is 2.44. The number of hydrogen-bond donors (Lipinski definition) is 2. The van der Waals surface area contributed by atoms with Gasteiger partial charge in [-0.2, -0.15) is 5.10 Å². The molecule has 29 heavy (non-hydrogen) atoms. The molecule has 2 amide bonds. The minimum absolute atomic E-state index is 0.0210. The molecule has 0 fully saturated rings. The van der Waals surface area contributed by atoms with Crippen LogP contribution in [0.25, 0.3) is 0 Å². The van der Waals surface area contributed by atoms with E-state index in [4.69, 9.17) is 28.0 Å². The quantitative estimate of drug-likeness (QED) is 0.567. The highest BCUT2D eigenvalue weighted by molar-refractivity contribution is 8.13. The summed E-state index contributed by atoms with van der Waals surface area (Å²) in [5.41, 5.74) is 3.20. The molecule has 1 aromatic carbocycles. The second-order valence-corrected chi connectivity index (χ2v) is 8.34. The first-order chi connectivity index (χ1) is 15.5. The van der Waals surface area contributed by atoms with Gasteiger partial charge in [0.25, 0.3) is 20.9 Å². The van der Waals surface area contributed by atoms with Crippen molar-refractivity contribution >= 4 is 37.2 Å². The van der Waals surface area contributed by atoms with Crippen molar-refractivity contribution in [2.24, 2.45) is 12.7 Å². The molecule has 0 aliphatic rings. The van der Waals surface area contributed by atoms with E-state index < -0.39 is 56.2 Å². The molecule has 2 rings (SSSR count). The Morgan fingerprint density at radius 2 is 2.10 bits per heavy atom. The molecule has 0 saturated heterocycles. The second kappa shape index (κ2) is 9.27. The fourth-order valence-corrected chi connectivity index (χ4v) is 3.19. The van der Waals surface area contributed by atoms with Crippen LogP contribution in [0.3, 0.4) is 0 Å². The van der Waals surface area contributed by atoms with E-state index in [2.05, 4.69) is 10.4 Å². The molecule has 0 spiro atoms. The highest BCUT2D eigenvalue weighted by Crippen LogP contribution is 2.28. The maximum Gasteiger partial charge on any atom is 0.269 e. The lowest BCUT2D eigenvalue weighted by Gasteiger charge is -2.13. The predicted molar refractivity (Wildman–Crippen MR) is 109 cm³/mol. The first kappa shape index (κ1) is 16.2. The fourth-order valence-electron chi connectivity index (χ4n) is 2.41. The molecule has 1 heterocycles. The van der Waals surface area contributed by atoms with Crippen LogP contribution in [0.15, 0.2) is 23.1 Å². The summed E-state index contributed by atoms with van der Waals surface area (Å²) < 4.78 is 68.6. The molecule has 0 unspecified atom stereocenters. The molecule has 1 aromatic heterocycles. The van der Waals surface area contributed by atoms with Crippen LogP contribution >= 0.6 is 10.7 Å². The summed E-state index contributed by atoms with van der Waals surface area (Å²) in [5, 5.41) is 6.01. The van der Waals surface area contributed by atoms with Crippen LogP contribution in [-0.2, 0) is 22.4 Å². The van der Waals surface area contributed by atoms with Gasteiger partial charge in [0.2, 0.25) is 0 Å². The van der Waals surface area contributed by atoms with Crippen LogP contribution in [-0.4, -0.2) is 36.6 Å². The number of aryl methyl sites for hydroxylation is 2. The van der Waals surface area contributed by atoms with Gasteiger partial charge in [-0.1, -0.05) is 20.3 Å². The summed E-state index contributed by atoms with van der Waals surface area (Å²) in [6.45, 7) is 0.419. The molecule has 11 heteroatoms. The molecule has 0 bridgehead atoms. The summed E-state index contributed by atoms with van der Waals surface area (Å²) in [6, 6.07) is 3.29. The topological polar surface area (TPSA) is 133 Å². The number of hydrogen-bond acceptors (Lipinski definition) is 6. The van der Waals surface area contributed by atoms with Gasteiger partial charge in [-0.3, -0.25) is 14.3 Å². The number of ether oxygens (including phenoxy) is 1. The van der Waals surface area contributed by atoms with E-state index in [1.54, 1.807) is 6.92 Å². The molecule has 0 aliphatic carbocycles. The summed E-state index contributed by atoms with van der Waals surface area (Å²) >= 11 is 0. The number of carbonyl (C=O) groups is 2. The zero-order valence-electron chi connectivity index (χ0n) is 20.7. The number of nitrogens with two attached hydrogens (primary N) is 1. The van der Waals surface area contributed by atoms with Crippen molar-refractivity contribution in [3.63, 3.8) is 0 Å². The molecule has 9 nitrogen and oxygen atoms in total. The molecule has 3 N–H and O–H groups in total. The molecule has 2 aromatic rings. The lowest BCUT2D eigenvalue weighted by atomic mass is 10.1. The maximum absolute atomic E-state index is 13.2. The number of nitrogens with zero attached hydrogens (tertiary/aromatic N) is 2. The van der Waals surface area contributed by atoms with Crippen LogP contribution in [0.2, 0.25) is 0 Å². The molecule has 0 radical (unpaired) electrons. The highest BCUT2D eigenvalue weighted by atomic mass is 35.7. The summed E-state index contributed by atoms with van der Waals surface area (Å²) in [6.07, 6.45) is -1.88. The van der Waals surface area contributed by atoms with Gasteiger partial charge in [-0.05, 0) is 31.0 Å². The Hall–Kier alpha value is -2.59. The van der Waals surface area contributed by atoms with E-state index in [0.29, 0.717) is 6.42 Å². The number of primary amides is 1. The maximum atomic E-state index is 13.2. The number of amides is 2. The van der Waals surface area contributed by atoms with Gasteiger partial charge in [-0.15, -0.1) is 0 Å². The molecule has 158 valence electrons. The Bertz CT molecular complexity index is 1210. The van der Waals surface area contributed by atoms with Crippen LogP contribution < -0.4 is 15.8 Å². The molecule has 0 saturated carbocycles. The van der Waals surface area contributed by atoms with Crippen molar-refractivity contribution in [1.29, 1.82) is 0 Å². The highest BCUT2D eigenvalue weighted by Gasteiger charge is 2.24. The number of nitrogens with one attached hydrogen (secondary N) is 1. The third-order valence-electron chi connectivity index (χ3n) is 3.64. The normalized spacial score (nSPS) is 14.8. The lowest BCUT2D eigenvalue weighted by molar-refractivity contribution is 0.0992. The first-order valence-corrected chi connectivity index (χ1v) is 10.8. The minimum Gasteiger partial charge on any atom is -0.493 e. The van der Waals surface area contributed by atoms with Crippen molar-refractivity contribution in [1.82, 2.24) is 9.78 Å². The van der Waals surface area contributed by atoms with Gasteiger partial charge in [0.15, 0.2) is 0 Å². The van der Waals surface area contributed by atoms with Crippen LogP contribution in [0.4, 0.5) is 5.69 Å². The summed E-state index contributed by atoms with van der Waals surface area (Å²) in [4.78, 5) is 24.9. The number of halogens is 1. The zero-order chi connectivity index (χ0) is 26.1. The van der Waals surface area contributed by atoms with Gasteiger partial charge >= 0.3 is 0 Å². The Morgan fingerprint density at radius 1 is 1.38 bits per heavy atom. The third-order valence-corrected chi connectivity index (χ3v) is 4.99. The Kier molecular flexibility index (Phi) is 5.19. The Labute approximate surface area is 180 Å². The monoisotopic (exact) mass is 447 g/mol. The van der Waals surface area contributed by atoms with Crippen molar-refractivity contribution in [2.45, 2.75) is 38.0 Å². The van der Waals surface area contributed by atoms with E-state index >= 15 is 0 Å². The number of anilines is 1. The average molecular weight is 448 g/mol. The van der Waals surface area contributed by atoms with Gasteiger partial charge in [0.1, 0.15) is 11.4 Å². The SMILES string of the molecule is [2H]C([2H])(CC)c1nn(C([2H])([2H])[2H])c(C(N)=O)c1NC(=O)c1cc(S(=O)(=O)Cl)ccc1OCCC. The van der Waals surface area contributed by atoms with E-state index in [-0.39, 0.29) is 29.0 Å². The average Bonchev–Trinajstić information content (AvgIpc) is 3.12. The van der Waals surface area contributed by atoms with E-state index in [1.807, 2.05) is 0 Å². The minimum atomic E-state index is -4.23. The number of carbonyl (C=O) groups excluding carboxylic acids is 2. The van der Waals surface area contributed by atoms with E-state index in [1.165, 1.54) is 13.0 Å². The van der Waals surface area contributed by atoms with Gasteiger partial charge in [-0.25, -0.2) is 8.42 Å². The van der Waals surface area contributed by atoms with Crippen molar-refractivity contribution in [3.05, 3.63) is 35.2 Å². The molecular weight excluding hydrogens is 420 g/mol. The number of aromatic nitrogens is 2. The molecular formula is C18H23ClN4O5S.